The van der Waals surface area contributed by atoms with Crippen LogP contribution in [0.1, 0.15) is 22.6 Å². The van der Waals surface area contributed by atoms with Crippen molar-refractivity contribution in [2.45, 2.75) is 32.9 Å². The van der Waals surface area contributed by atoms with E-state index in [1.807, 2.05) is 60.4 Å². The Hall–Kier alpha value is -2.77. The summed E-state index contributed by atoms with van der Waals surface area (Å²) in [5.74, 6) is 3.11. The van der Waals surface area contributed by atoms with Crippen molar-refractivity contribution in [3.05, 3.63) is 71.1 Å². The van der Waals surface area contributed by atoms with Gasteiger partial charge in [-0.2, -0.15) is 11.8 Å². The number of aromatic nitrogens is 1. The zero-order chi connectivity index (χ0) is 22.5. The molecule has 1 unspecified atom stereocenters. The predicted molar refractivity (Wildman–Crippen MR) is 126 cm³/mol. The molecule has 2 aromatic carbocycles. The van der Waals surface area contributed by atoms with Crippen molar-refractivity contribution in [2.24, 2.45) is 0 Å². The third kappa shape index (κ3) is 5.53. The summed E-state index contributed by atoms with van der Waals surface area (Å²) in [4.78, 5) is 18.2. The van der Waals surface area contributed by atoms with Gasteiger partial charge in [-0.25, -0.2) is 4.98 Å². The highest BCUT2D eigenvalue weighted by molar-refractivity contribution is 7.99. The third-order valence-corrected chi connectivity index (χ3v) is 6.65. The first kappa shape index (κ1) is 22.4. The lowest BCUT2D eigenvalue weighted by atomic mass is 10.1. The van der Waals surface area contributed by atoms with Crippen molar-refractivity contribution in [3.8, 4) is 17.2 Å². The van der Waals surface area contributed by atoms with Crippen molar-refractivity contribution >= 4 is 17.7 Å². The largest absolute Gasteiger partial charge is 0.493 e. The molecule has 6 nitrogen and oxygen atoms in total. The first-order chi connectivity index (χ1) is 15.5. The van der Waals surface area contributed by atoms with Crippen LogP contribution in [-0.4, -0.2) is 51.7 Å². The fourth-order valence-electron chi connectivity index (χ4n) is 3.73. The summed E-state index contributed by atoms with van der Waals surface area (Å²) in [7, 11) is 0. The SMILES string of the molecule is Cc1ccc(-c2nc(CCOc3ccc(CN4CCSCC4C(=O)O)cc3)c(C)o2)cc1. The molecule has 2 heterocycles. The van der Waals surface area contributed by atoms with E-state index in [4.69, 9.17) is 9.15 Å². The summed E-state index contributed by atoms with van der Waals surface area (Å²) >= 11 is 1.70. The molecule has 1 N–H and O–H groups in total. The molecule has 0 saturated carbocycles. The Morgan fingerprint density at radius 2 is 1.94 bits per heavy atom. The number of aryl methyl sites for hydroxylation is 2. The molecule has 1 aromatic heterocycles. The molecule has 0 spiro atoms. The number of benzene rings is 2. The van der Waals surface area contributed by atoms with Crippen LogP contribution < -0.4 is 4.74 Å². The summed E-state index contributed by atoms with van der Waals surface area (Å²) in [6.07, 6.45) is 0.661. The van der Waals surface area contributed by atoms with Gasteiger partial charge < -0.3 is 14.3 Å². The topological polar surface area (TPSA) is 75.8 Å². The monoisotopic (exact) mass is 452 g/mol. The second kappa shape index (κ2) is 10.2. The molecule has 4 rings (SSSR count). The minimum absolute atomic E-state index is 0.417. The number of ether oxygens (including phenoxy) is 1. The smallest absolute Gasteiger partial charge is 0.321 e. The maximum absolute atomic E-state index is 11.5. The second-order valence-electron chi connectivity index (χ2n) is 8.03. The molecule has 7 heteroatoms. The third-order valence-electron chi connectivity index (χ3n) is 5.63. The van der Waals surface area contributed by atoms with Gasteiger partial charge >= 0.3 is 5.97 Å². The van der Waals surface area contributed by atoms with Crippen molar-refractivity contribution in [1.29, 1.82) is 0 Å². The van der Waals surface area contributed by atoms with Crippen molar-refractivity contribution < 1.29 is 19.1 Å². The van der Waals surface area contributed by atoms with E-state index in [0.29, 0.717) is 31.2 Å². The Morgan fingerprint density at radius 3 is 2.66 bits per heavy atom. The van der Waals surface area contributed by atoms with Gasteiger partial charge in [0.15, 0.2) is 0 Å². The summed E-state index contributed by atoms with van der Waals surface area (Å²) in [5, 5.41) is 9.43. The van der Waals surface area contributed by atoms with Gasteiger partial charge in [0.2, 0.25) is 5.89 Å². The molecule has 1 aliphatic rings. The van der Waals surface area contributed by atoms with E-state index in [1.54, 1.807) is 11.8 Å². The Kier molecular flexibility index (Phi) is 7.17. The molecule has 0 aliphatic carbocycles. The van der Waals surface area contributed by atoms with E-state index in [2.05, 4.69) is 11.9 Å². The van der Waals surface area contributed by atoms with Crippen molar-refractivity contribution in [3.63, 3.8) is 0 Å². The average molecular weight is 453 g/mol. The molecule has 168 valence electrons. The van der Waals surface area contributed by atoms with E-state index >= 15 is 0 Å². The first-order valence-corrected chi connectivity index (χ1v) is 11.9. The maximum atomic E-state index is 11.5. The number of oxazole rings is 1. The molecule has 0 bridgehead atoms. The molecule has 3 aromatic rings. The number of carbonyl (C=O) groups is 1. The lowest BCUT2D eigenvalue weighted by Crippen LogP contribution is -2.46. The molecule has 32 heavy (non-hydrogen) atoms. The van der Waals surface area contributed by atoms with Crippen molar-refractivity contribution in [1.82, 2.24) is 9.88 Å². The molecular weight excluding hydrogens is 424 g/mol. The van der Waals surface area contributed by atoms with Gasteiger partial charge in [-0.1, -0.05) is 29.8 Å². The van der Waals surface area contributed by atoms with Gasteiger partial charge in [0.1, 0.15) is 17.6 Å². The number of hydrogen-bond acceptors (Lipinski definition) is 6. The Balaban J connectivity index is 1.30. The fraction of sp³-hybridized carbons (Fsp3) is 0.360. The van der Waals surface area contributed by atoms with E-state index in [9.17, 15) is 9.90 Å². The Morgan fingerprint density at radius 1 is 1.19 bits per heavy atom. The van der Waals surface area contributed by atoms with Gasteiger partial charge in [0.25, 0.3) is 0 Å². The number of hydrogen-bond donors (Lipinski definition) is 1. The maximum Gasteiger partial charge on any atom is 0.321 e. The summed E-state index contributed by atoms with van der Waals surface area (Å²) in [6, 6.07) is 15.6. The zero-order valence-corrected chi connectivity index (χ0v) is 19.2. The first-order valence-electron chi connectivity index (χ1n) is 10.8. The van der Waals surface area contributed by atoms with Crippen LogP contribution in [0.15, 0.2) is 52.9 Å². The number of carboxylic acids is 1. The average Bonchev–Trinajstić information content (AvgIpc) is 3.16. The molecular formula is C25H28N2O4S. The number of carboxylic acid groups (broad SMARTS) is 1. The fourth-order valence-corrected chi connectivity index (χ4v) is 4.83. The van der Waals surface area contributed by atoms with Crippen LogP contribution in [-0.2, 0) is 17.8 Å². The van der Waals surface area contributed by atoms with Crippen LogP contribution in [0.5, 0.6) is 5.75 Å². The van der Waals surface area contributed by atoms with Crippen LogP contribution in [0.4, 0.5) is 0 Å². The Bertz CT molecular complexity index is 1050. The Labute approximate surface area is 192 Å². The number of nitrogens with zero attached hydrogens (tertiary/aromatic N) is 2. The molecule has 1 saturated heterocycles. The molecule has 1 aliphatic heterocycles. The minimum Gasteiger partial charge on any atom is -0.493 e. The predicted octanol–water partition coefficient (Wildman–Crippen LogP) is 4.58. The normalized spacial score (nSPS) is 16.8. The van der Waals surface area contributed by atoms with Crippen molar-refractivity contribution in [2.75, 3.05) is 24.7 Å². The summed E-state index contributed by atoms with van der Waals surface area (Å²) in [6.45, 7) is 5.92. The highest BCUT2D eigenvalue weighted by Gasteiger charge is 2.28. The van der Waals surface area contributed by atoms with Gasteiger partial charge in [0, 0.05) is 36.6 Å². The van der Waals surface area contributed by atoms with Crippen LogP contribution in [0, 0.1) is 13.8 Å². The van der Waals surface area contributed by atoms with E-state index in [-0.39, 0.29) is 0 Å². The van der Waals surface area contributed by atoms with E-state index in [1.165, 1.54) is 5.56 Å². The standard InChI is InChI=1S/C25H28N2O4S/c1-17-3-7-20(8-4-17)24-26-22(18(2)31-24)11-13-30-21-9-5-19(6-10-21)15-27-12-14-32-16-23(27)25(28)29/h3-10,23H,11-16H2,1-2H3,(H,28,29). The number of thioether (sulfide) groups is 1. The number of aliphatic carboxylic acids is 1. The molecule has 0 amide bonds. The lowest BCUT2D eigenvalue weighted by molar-refractivity contribution is -0.142. The number of rotatable bonds is 8. The van der Waals surface area contributed by atoms with Crippen LogP contribution in [0.2, 0.25) is 0 Å². The molecule has 1 atom stereocenters. The van der Waals surface area contributed by atoms with E-state index in [0.717, 1.165) is 40.6 Å². The second-order valence-corrected chi connectivity index (χ2v) is 9.18. The summed E-state index contributed by atoms with van der Waals surface area (Å²) < 4.78 is 11.7. The van der Waals surface area contributed by atoms with Gasteiger partial charge in [-0.15, -0.1) is 0 Å². The van der Waals surface area contributed by atoms with Crippen LogP contribution in [0.3, 0.4) is 0 Å². The highest BCUT2D eigenvalue weighted by Crippen LogP contribution is 2.23. The lowest BCUT2D eigenvalue weighted by Gasteiger charge is -2.32. The van der Waals surface area contributed by atoms with Gasteiger partial charge in [-0.3, -0.25) is 9.69 Å². The van der Waals surface area contributed by atoms with Crippen LogP contribution in [0.25, 0.3) is 11.5 Å². The summed E-state index contributed by atoms with van der Waals surface area (Å²) in [5.41, 5.74) is 4.16. The van der Waals surface area contributed by atoms with Crippen LogP contribution >= 0.6 is 11.8 Å². The zero-order valence-electron chi connectivity index (χ0n) is 18.4. The molecule has 0 radical (unpaired) electrons. The molecule has 1 fully saturated rings. The minimum atomic E-state index is -0.745. The highest BCUT2D eigenvalue weighted by atomic mass is 32.2. The van der Waals surface area contributed by atoms with Gasteiger partial charge in [0.05, 0.1) is 12.3 Å². The van der Waals surface area contributed by atoms with E-state index < -0.39 is 12.0 Å². The quantitative estimate of drug-likeness (QED) is 0.536. The van der Waals surface area contributed by atoms with Gasteiger partial charge in [-0.05, 0) is 43.7 Å².